The van der Waals surface area contributed by atoms with Crippen LogP contribution in [0, 0.1) is 0 Å². The lowest BCUT2D eigenvalue weighted by atomic mass is 10.0. The molecule has 0 spiro atoms. The number of aromatic nitrogens is 2. The Kier molecular flexibility index (Phi) is 5.31. The van der Waals surface area contributed by atoms with Crippen LogP contribution < -0.4 is 18.8 Å². The number of hydrogen-bond acceptors (Lipinski definition) is 3. The number of fused-ring (bicyclic) bond motifs is 3. The van der Waals surface area contributed by atoms with Crippen molar-refractivity contribution in [3.63, 3.8) is 0 Å². The van der Waals surface area contributed by atoms with Gasteiger partial charge in [0, 0.05) is 11.6 Å². The SMILES string of the molecule is CCOc1ccc(-c2c[n+]3c(n2-c2ccc(OC)cc2OC)CCc2ccccc2-3)cc1. The number of methoxy groups -OCH3 is 2. The molecular formula is C27H27N2O3+. The number of rotatable bonds is 6. The first-order valence-electron chi connectivity index (χ1n) is 10.9. The molecule has 0 fully saturated rings. The fourth-order valence-electron chi connectivity index (χ4n) is 4.48. The van der Waals surface area contributed by atoms with Gasteiger partial charge in [0.25, 0.3) is 5.82 Å². The minimum atomic E-state index is 0.652. The summed E-state index contributed by atoms with van der Waals surface area (Å²) < 4.78 is 21.5. The fourth-order valence-corrected chi connectivity index (χ4v) is 4.48. The van der Waals surface area contributed by atoms with Crippen molar-refractivity contribution >= 4 is 0 Å². The van der Waals surface area contributed by atoms with Gasteiger partial charge >= 0.3 is 0 Å². The van der Waals surface area contributed by atoms with Gasteiger partial charge in [0.1, 0.15) is 23.4 Å². The van der Waals surface area contributed by atoms with E-state index >= 15 is 0 Å². The van der Waals surface area contributed by atoms with Crippen molar-refractivity contribution in [3.05, 3.63) is 84.3 Å². The normalized spacial score (nSPS) is 12.1. The maximum atomic E-state index is 5.78. The summed E-state index contributed by atoms with van der Waals surface area (Å²) >= 11 is 0. The molecule has 0 atom stereocenters. The second-order valence-electron chi connectivity index (χ2n) is 7.76. The van der Waals surface area contributed by atoms with Crippen molar-refractivity contribution in [2.75, 3.05) is 20.8 Å². The third-order valence-electron chi connectivity index (χ3n) is 5.99. The fraction of sp³-hybridized carbons (Fsp3) is 0.222. The highest BCUT2D eigenvalue weighted by Gasteiger charge is 2.32. The molecular weight excluding hydrogens is 400 g/mol. The van der Waals surface area contributed by atoms with Gasteiger partial charge in [0.2, 0.25) is 0 Å². The van der Waals surface area contributed by atoms with Crippen LogP contribution in [-0.4, -0.2) is 25.4 Å². The monoisotopic (exact) mass is 427 g/mol. The first kappa shape index (κ1) is 20.2. The lowest BCUT2D eigenvalue weighted by Gasteiger charge is -2.15. The molecule has 2 heterocycles. The van der Waals surface area contributed by atoms with Gasteiger partial charge in [-0.15, -0.1) is 0 Å². The predicted octanol–water partition coefficient (Wildman–Crippen LogP) is 4.94. The van der Waals surface area contributed by atoms with Crippen LogP contribution in [0.25, 0.3) is 22.6 Å². The lowest BCUT2D eigenvalue weighted by Crippen LogP contribution is -2.39. The van der Waals surface area contributed by atoms with E-state index in [1.54, 1.807) is 14.2 Å². The molecule has 0 aliphatic carbocycles. The third-order valence-corrected chi connectivity index (χ3v) is 5.99. The number of hydrogen-bond donors (Lipinski definition) is 0. The van der Waals surface area contributed by atoms with Gasteiger partial charge in [-0.1, -0.05) is 18.2 Å². The van der Waals surface area contributed by atoms with E-state index in [4.69, 9.17) is 14.2 Å². The van der Waals surface area contributed by atoms with Crippen molar-refractivity contribution in [3.8, 4) is 39.9 Å². The maximum Gasteiger partial charge on any atom is 0.267 e. The third kappa shape index (κ3) is 3.40. The van der Waals surface area contributed by atoms with E-state index in [-0.39, 0.29) is 0 Å². The van der Waals surface area contributed by atoms with Crippen LogP contribution in [0.1, 0.15) is 18.3 Å². The summed E-state index contributed by atoms with van der Waals surface area (Å²) in [6, 6.07) is 22.9. The van der Waals surface area contributed by atoms with Gasteiger partial charge in [0.05, 0.1) is 27.2 Å². The van der Waals surface area contributed by atoms with E-state index in [2.05, 4.69) is 57.8 Å². The molecule has 0 saturated carbocycles. The highest BCUT2D eigenvalue weighted by Crippen LogP contribution is 2.35. The maximum absolute atomic E-state index is 5.78. The first-order chi connectivity index (χ1) is 15.7. The summed E-state index contributed by atoms with van der Waals surface area (Å²) in [5.74, 6) is 3.64. The van der Waals surface area contributed by atoms with Crippen LogP contribution in [-0.2, 0) is 12.8 Å². The Balaban J connectivity index is 1.75. The Morgan fingerprint density at radius 1 is 0.875 bits per heavy atom. The number of aryl methyl sites for hydroxylation is 1. The number of nitrogens with zero attached hydrogens (tertiary/aromatic N) is 2. The smallest absolute Gasteiger partial charge is 0.267 e. The lowest BCUT2D eigenvalue weighted by molar-refractivity contribution is -0.606. The second-order valence-corrected chi connectivity index (χ2v) is 7.76. The molecule has 3 aromatic carbocycles. The van der Waals surface area contributed by atoms with Gasteiger partial charge in [-0.05, 0) is 61.4 Å². The van der Waals surface area contributed by atoms with E-state index in [1.165, 1.54) is 17.1 Å². The molecule has 32 heavy (non-hydrogen) atoms. The standard InChI is InChI=1S/C27H27N2O3/c1-4-32-21-12-9-20(10-13-21)25-18-28-23-8-6-5-7-19(23)11-16-27(28)29(25)24-15-14-22(30-2)17-26(24)31-3/h5-10,12-15,17-18H,4,11,16H2,1-3H3/q+1. The predicted molar refractivity (Wildman–Crippen MR) is 124 cm³/mol. The molecule has 5 heteroatoms. The van der Waals surface area contributed by atoms with E-state index < -0.39 is 0 Å². The van der Waals surface area contributed by atoms with Crippen molar-refractivity contribution in [1.29, 1.82) is 0 Å². The van der Waals surface area contributed by atoms with Crippen molar-refractivity contribution in [2.24, 2.45) is 0 Å². The molecule has 0 amide bonds. The van der Waals surface area contributed by atoms with Crippen molar-refractivity contribution < 1.29 is 18.8 Å². The van der Waals surface area contributed by atoms with Gasteiger partial charge in [-0.3, -0.25) is 0 Å². The summed E-state index contributed by atoms with van der Waals surface area (Å²) in [5.41, 5.74) is 5.80. The van der Waals surface area contributed by atoms with Crippen LogP contribution in [0.2, 0.25) is 0 Å². The molecule has 4 aromatic rings. The van der Waals surface area contributed by atoms with E-state index in [9.17, 15) is 0 Å². The summed E-state index contributed by atoms with van der Waals surface area (Å²) in [6.45, 7) is 2.65. The molecule has 5 nitrogen and oxygen atoms in total. The molecule has 0 N–H and O–H groups in total. The largest absolute Gasteiger partial charge is 0.497 e. The zero-order chi connectivity index (χ0) is 22.1. The van der Waals surface area contributed by atoms with Gasteiger partial charge in [-0.25, -0.2) is 0 Å². The van der Waals surface area contributed by atoms with E-state index in [0.29, 0.717) is 6.61 Å². The summed E-state index contributed by atoms with van der Waals surface area (Å²) in [4.78, 5) is 0. The highest BCUT2D eigenvalue weighted by molar-refractivity contribution is 5.65. The Labute approximate surface area is 188 Å². The zero-order valence-electron chi connectivity index (χ0n) is 18.7. The molecule has 0 radical (unpaired) electrons. The molecule has 1 aromatic heterocycles. The Morgan fingerprint density at radius 2 is 1.66 bits per heavy atom. The van der Waals surface area contributed by atoms with Crippen LogP contribution in [0.15, 0.2) is 72.9 Å². The summed E-state index contributed by atoms with van der Waals surface area (Å²) in [6.07, 6.45) is 4.16. The molecule has 162 valence electrons. The Hall–Kier alpha value is -3.73. The summed E-state index contributed by atoms with van der Waals surface area (Å²) in [7, 11) is 3.37. The van der Waals surface area contributed by atoms with Gasteiger partial charge < -0.3 is 14.2 Å². The highest BCUT2D eigenvalue weighted by atomic mass is 16.5. The molecule has 1 aliphatic rings. The molecule has 1 aliphatic heterocycles. The summed E-state index contributed by atoms with van der Waals surface area (Å²) in [5, 5.41) is 0. The zero-order valence-corrected chi connectivity index (χ0v) is 18.7. The number of ether oxygens (including phenoxy) is 3. The second kappa shape index (κ2) is 8.42. The number of benzene rings is 3. The first-order valence-corrected chi connectivity index (χ1v) is 10.9. The van der Waals surface area contributed by atoms with Crippen LogP contribution in [0.4, 0.5) is 0 Å². The topological polar surface area (TPSA) is 36.5 Å². The van der Waals surface area contributed by atoms with Crippen molar-refractivity contribution in [2.45, 2.75) is 19.8 Å². The Bertz CT molecular complexity index is 1260. The van der Waals surface area contributed by atoms with Gasteiger partial charge in [0.15, 0.2) is 17.1 Å². The average Bonchev–Trinajstić information content (AvgIpc) is 3.24. The minimum Gasteiger partial charge on any atom is -0.497 e. The average molecular weight is 428 g/mol. The van der Waals surface area contributed by atoms with E-state index in [0.717, 1.165) is 47.0 Å². The van der Waals surface area contributed by atoms with Crippen LogP contribution in [0.5, 0.6) is 17.2 Å². The quantitative estimate of drug-likeness (QED) is 0.409. The number of para-hydroxylation sites is 1. The molecule has 5 rings (SSSR count). The Morgan fingerprint density at radius 3 is 2.41 bits per heavy atom. The van der Waals surface area contributed by atoms with Gasteiger partial charge in [-0.2, -0.15) is 9.13 Å². The minimum absolute atomic E-state index is 0.652. The molecule has 0 unspecified atom stereocenters. The van der Waals surface area contributed by atoms with Crippen molar-refractivity contribution in [1.82, 2.24) is 4.57 Å². The van der Waals surface area contributed by atoms with Crippen LogP contribution in [0.3, 0.4) is 0 Å². The molecule has 0 saturated heterocycles. The van der Waals surface area contributed by atoms with E-state index in [1.807, 2.05) is 31.2 Å². The molecule has 0 bridgehead atoms. The van der Waals surface area contributed by atoms with Crippen LogP contribution >= 0.6 is 0 Å². The number of imidazole rings is 1.